The fourth-order valence-corrected chi connectivity index (χ4v) is 13.7. The van der Waals surface area contributed by atoms with Crippen molar-refractivity contribution in [3.8, 4) is 44.5 Å². The zero-order valence-electron chi connectivity index (χ0n) is 38.3. The van der Waals surface area contributed by atoms with Crippen LogP contribution in [-0.2, 0) is 21.7 Å². The minimum Gasteiger partial charge on any atom is -0.310 e. The molecule has 0 unspecified atom stereocenters. The van der Waals surface area contributed by atoms with E-state index in [1.807, 2.05) is 0 Å². The lowest BCUT2D eigenvalue weighted by molar-refractivity contribution is 0.489. The maximum Gasteiger partial charge on any atom is 0.0726 e. The Balaban J connectivity index is 1.09. The molecule has 5 aliphatic carbocycles. The molecule has 0 aliphatic heterocycles. The summed E-state index contributed by atoms with van der Waals surface area (Å²) < 4.78 is 0. The molecular formula is C64H57N. The van der Waals surface area contributed by atoms with Gasteiger partial charge in [-0.2, -0.15) is 0 Å². The fourth-order valence-electron chi connectivity index (χ4n) is 13.7. The topological polar surface area (TPSA) is 3.24 Å². The van der Waals surface area contributed by atoms with Gasteiger partial charge in [-0.3, -0.25) is 0 Å². The van der Waals surface area contributed by atoms with Crippen LogP contribution in [0.1, 0.15) is 124 Å². The van der Waals surface area contributed by atoms with Crippen LogP contribution in [0.15, 0.2) is 176 Å². The Labute approximate surface area is 385 Å². The van der Waals surface area contributed by atoms with Gasteiger partial charge in [-0.05, 0) is 150 Å². The number of hydrogen-bond donors (Lipinski definition) is 0. The van der Waals surface area contributed by atoms with E-state index in [2.05, 4.69) is 209 Å². The Morgan fingerprint density at radius 1 is 0.338 bits per heavy atom. The zero-order chi connectivity index (χ0) is 43.7. The van der Waals surface area contributed by atoms with E-state index < -0.39 is 5.41 Å². The quantitative estimate of drug-likeness (QED) is 0.161. The van der Waals surface area contributed by atoms with Gasteiger partial charge in [0.15, 0.2) is 0 Å². The van der Waals surface area contributed by atoms with Crippen molar-refractivity contribution in [2.75, 3.05) is 4.90 Å². The molecule has 0 bridgehead atoms. The van der Waals surface area contributed by atoms with Crippen molar-refractivity contribution >= 4 is 17.1 Å². The minimum atomic E-state index is -0.464. The van der Waals surface area contributed by atoms with Gasteiger partial charge in [0.05, 0.1) is 11.1 Å². The Kier molecular flexibility index (Phi) is 8.41. The second-order valence-corrected chi connectivity index (χ2v) is 21.2. The van der Waals surface area contributed by atoms with Crippen LogP contribution in [0, 0.1) is 0 Å². The number of rotatable bonds is 6. The van der Waals surface area contributed by atoms with Gasteiger partial charge in [-0.25, -0.2) is 0 Å². The smallest absolute Gasteiger partial charge is 0.0726 e. The lowest BCUT2D eigenvalue weighted by Gasteiger charge is -2.35. The highest BCUT2D eigenvalue weighted by Gasteiger charge is 2.53. The summed E-state index contributed by atoms with van der Waals surface area (Å²) in [6.07, 6.45) is 10.2. The van der Waals surface area contributed by atoms with Crippen LogP contribution in [0.5, 0.6) is 0 Å². The van der Waals surface area contributed by atoms with Gasteiger partial charge in [0, 0.05) is 22.4 Å². The monoisotopic (exact) mass is 839 g/mol. The molecule has 0 N–H and O–H groups in total. The molecule has 13 rings (SSSR count). The number of para-hydroxylation sites is 1. The van der Waals surface area contributed by atoms with Crippen molar-refractivity contribution in [2.45, 2.75) is 101 Å². The molecule has 0 amide bonds. The van der Waals surface area contributed by atoms with Gasteiger partial charge in [-0.15, -0.1) is 0 Å². The molecular weight excluding hydrogens is 783 g/mol. The number of anilines is 3. The highest BCUT2D eigenvalue weighted by molar-refractivity contribution is 5.98. The average molecular weight is 840 g/mol. The van der Waals surface area contributed by atoms with Crippen LogP contribution in [-0.4, -0.2) is 0 Å². The summed E-state index contributed by atoms with van der Waals surface area (Å²) in [7, 11) is 0. The van der Waals surface area contributed by atoms with Gasteiger partial charge >= 0.3 is 0 Å². The van der Waals surface area contributed by atoms with Gasteiger partial charge in [0.2, 0.25) is 0 Å². The van der Waals surface area contributed by atoms with Gasteiger partial charge in [0.25, 0.3) is 0 Å². The maximum absolute atomic E-state index is 2.68. The Bertz CT molecular complexity index is 3150. The predicted molar refractivity (Wildman–Crippen MR) is 272 cm³/mol. The van der Waals surface area contributed by atoms with Crippen molar-refractivity contribution in [1.29, 1.82) is 0 Å². The molecule has 1 heteroatoms. The summed E-state index contributed by atoms with van der Waals surface area (Å²) in [5.74, 6) is 0. The van der Waals surface area contributed by atoms with Crippen molar-refractivity contribution in [3.05, 3.63) is 220 Å². The summed E-state index contributed by atoms with van der Waals surface area (Å²) >= 11 is 0. The molecule has 1 nitrogen and oxygen atoms in total. The third kappa shape index (κ3) is 5.45. The second-order valence-electron chi connectivity index (χ2n) is 21.2. The van der Waals surface area contributed by atoms with Crippen molar-refractivity contribution in [3.63, 3.8) is 0 Å². The lowest BCUT2D eigenvalue weighted by Crippen LogP contribution is -2.28. The SMILES string of the molecule is CC1(c2ccc3c(c2)C2(c4ccccc4-c4ccc(N(c5ccc6c(c5)C(C)(C)c5ccccc5-6)c5ccccc5-c5ccccc5)cc42)c2cc(C4(C)CCCC4)ccc2-3)CCCC1. The van der Waals surface area contributed by atoms with Crippen molar-refractivity contribution in [2.24, 2.45) is 0 Å². The van der Waals surface area contributed by atoms with E-state index >= 15 is 0 Å². The largest absolute Gasteiger partial charge is 0.310 e. The molecule has 0 aromatic heterocycles. The van der Waals surface area contributed by atoms with Crippen LogP contribution >= 0.6 is 0 Å². The first kappa shape index (κ1) is 39.0. The van der Waals surface area contributed by atoms with Crippen molar-refractivity contribution in [1.82, 2.24) is 0 Å². The number of benzene rings is 8. The third-order valence-electron chi connectivity index (χ3n) is 17.3. The Hall–Kier alpha value is -6.44. The molecule has 318 valence electrons. The second kappa shape index (κ2) is 14.0. The summed E-state index contributed by atoms with van der Waals surface area (Å²) in [4.78, 5) is 2.57. The summed E-state index contributed by atoms with van der Waals surface area (Å²) in [5, 5.41) is 0. The highest BCUT2D eigenvalue weighted by atomic mass is 15.1. The minimum absolute atomic E-state index is 0.130. The van der Waals surface area contributed by atoms with E-state index in [1.165, 1.54) is 157 Å². The maximum atomic E-state index is 2.68. The van der Waals surface area contributed by atoms with E-state index in [0.29, 0.717) is 0 Å². The van der Waals surface area contributed by atoms with Crippen LogP contribution in [0.3, 0.4) is 0 Å². The summed E-state index contributed by atoms with van der Waals surface area (Å²) in [6, 6.07) is 68.5. The molecule has 2 fully saturated rings. The average Bonchev–Trinajstić information content (AvgIpc) is 4.17. The Morgan fingerprint density at radius 3 is 1.34 bits per heavy atom. The van der Waals surface area contributed by atoms with Gasteiger partial charge < -0.3 is 4.90 Å². The van der Waals surface area contributed by atoms with E-state index in [0.717, 1.165) is 0 Å². The number of nitrogens with zero attached hydrogens (tertiary/aromatic N) is 1. The molecule has 2 saturated carbocycles. The van der Waals surface area contributed by atoms with Crippen LogP contribution in [0.4, 0.5) is 17.1 Å². The molecule has 0 atom stereocenters. The standard InChI is InChI=1S/C64H57N/c1-61(2)54-23-11-8-21-48(54)50-32-28-45(40-56(50)61)65(60-25-13-10-20-47(60)42-18-6-5-7-19-42)46-29-33-53-49-22-9-12-24-55(49)64(59(53)41-46)57-38-43(62(3)34-14-15-35-62)26-30-51(57)52-31-27-44(39-58(52)64)63(4)36-16-17-37-63/h5-13,18-33,38-41H,14-17,34-37H2,1-4H3. The van der Waals surface area contributed by atoms with Crippen LogP contribution in [0.2, 0.25) is 0 Å². The third-order valence-corrected chi connectivity index (χ3v) is 17.3. The van der Waals surface area contributed by atoms with E-state index in [1.54, 1.807) is 0 Å². The molecule has 5 aliphatic rings. The zero-order valence-corrected chi connectivity index (χ0v) is 38.3. The number of fused-ring (bicyclic) bond motifs is 13. The van der Waals surface area contributed by atoms with E-state index in [9.17, 15) is 0 Å². The molecule has 1 spiro atoms. The molecule has 8 aromatic rings. The molecule has 0 radical (unpaired) electrons. The van der Waals surface area contributed by atoms with Crippen LogP contribution < -0.4 is 4.90 Å². The fraction of sp³-hybridized carbons (Fsp3) is 0.250. The van der Waals surface area contributed by atoms with Gasteiger partial charge in [-0.1, -0.05) is 199 Å². The van der Waals surface area contributed by atoms with E-state index in [4.69, 9.17) is 0 Å². The molecule has 0 saturated heterocycles. The van der Waals surface area contributed by atoms with Crippen molar-refractivity contribution < 1.29 is 0 Å². The first-order valence-corrected chi connectivity index (χ1v) is 24.4. The van der Waals surface area contributed by atoms with E-state index in [-0.39, 0.29) is 16.2 Å². The highest BCUT2D eigenvalue weighted by Crippen LogP contribution is 2.65. The van der Waals surface area contributed by atoms with Gasteiger partial charge in [0.1, 0.15) is 0 Å². The first-order chi connectivity index (χ1) is 31.7. The predicted octanol–water partition coefficient (Wildman–Crippen LogP) is 17.1. The summed E-state index contributed by atoms with van der Waals surface area (Å²) in [5.41, 5.74) is 25.5. The molecule has 65 heavy (non-hydrogen) atoms. The number of hydrogen-bond acceptors (Lipinski definition) is 1. The Morgan fingerprint density at radius 2 is 0.754 bits per heavy atom. The molecule has 0 heterocycles. The van der Waals surface area contributed by atoms with Crippen LogP contribution in [0.25, 0.3) is 44.5 Å². The molecule has 8 aromatic carbocycles. The normalized spacial score (nSPS) is 18.2. The lowest BCUT2D eigenvalue weighted by atomic mass is 9.68. The first-order valence-electron chi connectivity index (χ1n) is 24.4. The summed E-state index contributed by atoms with van der Waals surface area (Å²) in [6.45, 7) is 9.86.